The molecule has 1 unspecified atom stereocenters. The molecule has 1 amide bonds. The van der Waals surface area contributed by atoms with Crippen molar-refractivity contribution in [3.63, 3.8) is 0 Å². The average Bonchev–Trinajstić information content (AvgIpc) is 2.61. The number of carbonyl (C=O) groups is 2. The van der Waals surface area contributed by atoms with E-state index in [1.165, 1.54) is 49.4 Å². The molecule has 10 heteroatoms. The van der Waals surface area contributed by atoms with Gasteiger partial charge in [-0.15, -0.1) is 0 Å². The van der Waals surface area contributed by atoms with Crippen LogP contribution in [-0.2, 0) is 19.4 Å². The van der Waals surface area contributed by atoms with Crippen LogP contribution in [-0.4, -0.2) is 37.6 Å². The molecule has 9 nitrogen and oxygen atoms in total. The molecule has 0 heterocycles. The highest BCUT2D eigenvalue weighted by atomic mass is 32.2. The summed E-state index contributed by atoms with van der Waals surface area (Å²) < 4.78 is 28.1. The molecular formula is C17H16N2O7S. The number of carbonyl (C=O) groups excluding carboxylic acids is 2. The van der Waals surface area contributed by atoms with Crippen molar-refractivity contribution in [2.24, 2.45) is 0 Å². The molecule has 27 heavy (non-hydrogen) atoms. The summed E-state index contributed by atoms with van der Waals surface area (Å²) in [6.07, 6.45) is -0.203. The first-order valence-corrected chi connectivity index (χ1v) is 9.53. The van der Waals surface area contributed by atoms with Gasteiger partial charge in [-0.1, -0.05) is 12.1 Å². The van der Waals surface area contributed by atoms with E-state index in [2.05, 4.69) is 5.32 Å². The van der Waals surface area contributed by atoms with Crippen LogP contribution in [0.2, 0.25) is 0 Å². The van der Waals surface area contributed by atoms with E-state index in [9.17, 15) is 28.1 Å². The van der Waals surface area contributed by atoms with Gasteiger partial charge in [-0.3, -0.25) is 14.9 Å². The van der Waals surface area contributed by atoms with Gasteiger partial charge in [0.25, 0.3) is 11.6 Å². The van der Waals surface area contributed by atoms with Gasteiger partial charge in [-0.2, -0.15) is 0 Å². The van der Waals surface area contributed by atoms with Gasteiger partial charge in [0.2, 0.25) is 0 Å². The number of nitro benzene ring substituents is 1. The van der Waals surface area contributed by atoms with Crippen LogP contribution in [0.3, 0.4) is 0 Å². The summed E-state index contributed by atoms with van der Waals surface area (Å²) in [5, 5.41) is 13.2. The Balaban J connectivity index is 2.07. The lowest BCUT2D eigenvalue weighted by atomic mass is 10.2. The first kappa shape index (κ1) is 20.0. The molecule has 0 bridgehead atoms. The number of esters is 1. The first-order valence-electron chi connectivity index (χ1n) is 7.64. The number of hydrogen-bond acceptors (Lipinski definition) is 7. The van der Waals surface area contributed by atoms with Gasteiger partial charge < -0.3 is 10.1 Å². The van der Waals surface area contributed by atoms with Gasteiger partial charge in [-0.25, -0.2) is 13.2 Å². The summed E-state index contributed by atoms with van der Waals surface area (Å²) >= 11 is 0. The average molecular weight is 392 g/mol. The lowest BCUT2D eigenvalue weighted by molar-refractivity contribution is -0.384. The van der Waals surface area contributed by atoms with Crippen molar-refractivity contribution in [2.45, 2.75) is 17.9 Å². The van der Waals surface area contributed by atoms with Crippen LogP contribution in [0.15, 0.2) is 53.4 Å². The fraction of sp³-hybridized carbons (Fsp3) is 0.176. The van der Waals surface area contributed by atoms with E-state index in [0.29, 0.717) is 0 Å². The number of ether oxygens (including phenoxy) is 1. The molecule has 0 aliphatic carbocycles. The summed E-state index contributed by atoms with van der Waals surface area (Å²) in [6.45, 7) is 1.32. The van der Waals surface area contributed by atoms with E-state index in [1.54, 1.807) is 0 Å². The van der Waals surface area contributed by atoms with Crippen LogP contribution in [0.25, 0.3) is 0 Å². The van der Waals surface area contributed by atoms with Gasteiger partial charge in [-0.05, 0) is 31.2 Å². The Kier molecular flexibility index (Phi) is 5.91. The first-order chi connectivity index (χ1) is 12.6. The molecule has 0 saturated heterocycles. The molecular weight excluding hydrogens is 376 g/mol. The Morgan fingerprint density at radius 2 is 1.81 bits per heavy atom. The van der Waals surface area contributed by atoms with E-state index in [1.807, 2.05) is 0 Å². The van der Waals surface area contributed by atoms with E-state index in [0.717, 1.165) is 12.3 Å². The highest BCUT2D eigenvalue weighted by Crippen LogP contribution is 2.18. The predicted molar refractivity (Wildman–Crippen MR) is 96.2 cm³/mol. The largest absolute Gasteiger partial charge is 0.449 e. The molecule has 1 atom stereocenters. The van der Waals surface area contributed by atoms with Gasteiger partial charge in [0.1, 0.15) is 0 Å². The normalized spacial score (nSPS) is 12.1. The van der Waals surface area contributed by atoms with Crippen molar-refractivity contribution in [1.82, 2.24) is 0 Å². The Morgan fingerprint density at radius 3 is 2.44 bits per heavy atom. The molecule has 0 spiro atoms. The molecule has 2 aromatic carbocycles. The number of amides is 1. The lowest BCUT2D eigenvalue weighted by Gasteiger charge is -2.13. The zero-order chi connectivity index (χ0) is 20.2. The SMILES string of the molecule is CC(OC(=O)c1cccc(S(C)(=O)=O)c1)C(=O)Nc1cccc([N+](=O)[O-])c1. The predicted octanol–water partition coefficient (Wildman–Crippen LogP) is 2.18. The Labute approximate surface area is 155 Å². The van der Waals surface area contributed by atoms with Crippen LogP contribution in [0.5, 0.6) is 0 Å². The fourth-order valence-electron chi connectivity index (χ4n) is 2.08. The number of nitro groups is 1. The Morgan fingerprint density at radius 1 is 1.15 bits per heavy atom. The van der Waals surface area contributed by atoms with E-state index < -0.39 is 32.7 Å². The Hall–Kier alpha value is -3.27. The van der Waals surface area contributed by atoms with Crippen molar-refractivity contribution < 1.29 is 27.7 Å². The van der Waals surface area contributed by atoms with Gasteiger partial charge in [0, 0.05) is 24.1 Å². The van der Waals surface area contributed by atoms with Crippen molar-refractivity contribution in [3.8, 4) is 0 Å². The smallest absolute Gasteiger partial charge is 0.338 e. The maximum atomic E-state index is 12.1. The van der Waals surface area contributed by atoms with Crippen molar-refractivity contribution in [3.05, 3.63) is 64.2 Å². The molecule has 0 aromatic heterocycles. The van der Waals surface area contributed by atoms with Crippen molar-refractivity contribution >= 4 is 33.1 Å². The number of nitrogens with one attached hydrogen (secondary N) is 1. The topological polar surface area (TPSA) is 133 Å². The minimum absolute atomic E-state index is 0.0204. The molecule has 0 aliphatic heterocycles. The van der Waals surface area contributed by atoms with Crippen LogP contribution >= 0.6 is 0 Å². The lowest BCUT2D eigenvalue weighted by Crippen LogP contribution is -2.30. The highest BCUT2D eigenvalue weighted by Gasteiger charge is 2.20. The molecule has 2 aromatic rings. The number of hydrogen-bond donors (Lipinski definition) is 1. The second-order valence-corrected chi connectivity index (χ2v) is 7.66. The number of anilines is 1. The van der Waals surface area contributed by atoms with Crippen molar-refractivity contribution in [2.75, 3.05) is 11.6 Å². The number of nitrogens with zero attached hydrogens (tertiary/aromatic N) is 1. The number of benzene rings is 2. The zero-order valence-corrected chi connectivity index (χ0v) is 15.2. The Bertz CT molecular complexity index is 1000. The maximum Gasteiger partial charge on any atom is 0.338 e. The number of rotatable bonds is 6. The molecule has 142 valence electrons. The molecule has 1 N–H and O–H groups in total. The minimum Gasteiger partial charge on any atom is -0.449 e. The van der Waals surface area contributed by atoms with Crippen LogP contribution < -0.4 is 5.32 Å². The third-order valence-corrected chi connectivity index (χ3v) is 4.59. The summed E-state index contributed by atoms with van der Waals surface area (Å²) in [7, 11) is -3.50. The summed E-state index contributed by atoms with van der Waals surface area (Å²) in [5.41, 5.74) is -0.0425. The van der Waals surface area contributed by atoms with Gasteiger partial charge in [0.15, 0.2) is 15.9 Å². The fourth-order valence-corrected chi connectivity index (χ4v) is 2.74. The second-order valence-electron chi connectivity index (χ2n) is 5.64. The third kappa shape index (κ3) is 5.35. The van der Waals surface area contributed by atoms with E-state index >= 15 is 0 Å². The maximum absolute atomic E-state index is 12.1. The quantitative estimate of drug-likeness (QED) is 0.452. The second kappa shape index (κ2) is 7.96. The summed E-state index contributed by atoms with van der Waals surface area (Å²) in [4.78, 5) is 34.4. The number of sulfone groups is 1. The van der Waals surface area contributed by atoms with Gasteiger partial charge in [0.05, 0.1) is 15.4 Å². The van der Waals surface area contributed by atoms with Crippen LogP contribution in [0.4, 0.5) is 11.4 Å². The molecule has 0 aliphatic rings. The number of non-ortho nitro benzene ring substituents is 1. The summed E-state index contributed by atoms with van der Waals surface area (Å²) in [5.74, 6) is -1.56. The van der Waals surface area contributed by atoms with Crippen LogP contribution in [0, 0.1) is 10.1 Å². The molecule has 0 radical (unpaired) electrons. The van der Waals surface area contributed by atoms with Crippen LogP contribution in [0.1, 0.15) is 17.3 Å². The molecule has 2 rings (SSSR count). The highest BCUT2D eigenvalue weighted by molar-refractivity contribution is 7.90. The summed E-state index contributed by atoms with van der Waals surface area (Å²) in [6, 6.07) is 10.5. The monoisotopic (exact) mass is 392 g/mol. The molecule has 0 saturated carbocycles. The third-order valence-electron chi connectivity index (χ3n) is 3.48. The zero-order valence-electron chi connectivity index (χ0n) is 14.4. The van der Waals surface area contributed by atoms with E-state index in [4.69, 9.17) is 4.74 Å². The van der Waals surface area contributed by atoms with Crippen molar-refractivity contribution in [1.29, 1.82) is 0 Å². The molecule has 0 fully saturated rings. The minimum atomic E-state index is -3.50. The van der Waals surface area contributed by atoms with E-state index in [-0.39, 0.29) is 21.8 Å². The van der Waals surface area contributed by atoms with Gasteiger partial charge >= 0.3 is 5.97 Å². The standard InChI is InChI=1S/C17H16N2O7S/c1-11(16(20)18-13-6-4-7-14(10-13)19(22)23)26-17(21)12-5-3-8-15(9-12)27(2,24)25/h3-11H,1-2H3,(H,18,20).